The number of carbonyl (C=O) groups is 1. The lowest BCUT2D eigenvalue weighted by Crippen LogP contribution is -2.23. The number of hydrogen-bond acceptors (Lipinski definition) is 5. The van der Waals surface area contributed by atoms with Gasteiger partial charge in [-0.1, -0.05) is 0 Å². The minimum Gasteiger partial charge on any atom is -0.497 e. The molecule has 142 valence electrons. The van der Waals surface area contributed by atoms with E-state index in [1.807, 2.05) is 45.2 Å². The van der Waals surface area contributed by atoms with Crippen molar-refractivity contribution in [3.63, 3.8) is 0 Å². The minimum absolute atomic E-state index is 0.237. The second-order valence-electron chi connectivity index (χ2n) is 6.19. The van der Waals surface area contributed by atoms with Crippen molar-refractivity contribution in [2.45, 2.75) is 27.0 Å². The molecule has 3 aromatic rings. The Bertz CT molecular complexity index is 925. The molecule has 3 rings (SSSR count). The molecule has 1 amide bonds. The Labute approximate surface area is 157 Å². The zero-order valence-corrected chi connectivity index (χ0v) is 15.9. The van der Waals surface area contributed by atoms with Crippen molar-refractivity contribution < 1.29 is 18.7 Å². The molecule has 1 N–H and O–H groups in total. The highest BCUT2D eigenvalue weighted by molar-refractivity contribution is 5.91. The van der Waals surface area contributed by atoms with Crippen LogP contribution in [0.5, 0.6) is 11.5 Å². The van der Waals surface area contributed by atoms with Crippen molar-refractivity contribution in [2.75, 3.05) is 7.11 Å². The van der Waals surface area contributed by atoms with E-state index < -0.39 is 0 Å². The number of benzene rings is 1. The third-order valence-corrected chi connectivity index (χ3v) is 4.41. The van der Waals surface area contributed by atoms with Gasteiger partial charge in [-0.2, -0.15) is 5.10 Å². The number of ether oxygens (including phenoxy) is 2. The smallest absolute Gasteiger partial charge is 0.287 e. The van der Waals surface area contributed by atoms with Crippen LogP contribution in [0.1, 0.15) is 33.3 Å². The topological polar surface area (TPSA) is 78.5 Å². The van der Waals surface area contributed by atoms with Crippen LogP contribution in [0.25, 0.3) is 0 Å². The van der Waals surface area contributed by atoms with E-state index in [1.165, 1.54) is 0 Å². The van der Waals surface area contributed by atoms with E-state index in [9.17, 15) is 4.79 Å². The van der Waals surface area contributed by atoms with Crippen LogP contribution < -0.4 is 14.8 Å². The second-order valence-corrected chi connectivity index (χ2v) is 6.19. The molecule has 0 atom stereocenters. The molecule has 0 saturated carbocycles. The van der Waals surface area contributed by atoms with Gasteiger partial charge in [0.15, 0.2) is 5.76 Å². The van der Waals surface area contributed by atoms with Crippen LogP contribution in [-0.2, 0) is 20.2 Å². The first-order valence-electron chi connectivity index (χ1n) is 8.60. The number of furan rings is 1. The number of aryl methyl sites for hydroxylation is 2. The lowest BCUT2D eigenvalue weighted by molar-refractivity contribution is 0.0919. The molecule has 0 aliphatic carbocycles. The number of aromatic nitrogens is 2. The van der Waals surface area contributed by atoms with Crippen LogP contribution in [0, 0.1) is 13.8 Å². The third kappa shape index (κ3) is 4.31. The average molecular weight is 369 g/mol. The summed E-state index contributed by atoms with van der Waals surface area (Å²) in [4.78, 5) is 12.3. The standard InChI is InChI=1S/C20H23N3O4/c1-13-18(14(2)23(3)22-13)11-21-20(24)19-10-9-17(27-19)12-26-16-7-5-15(25-4)6-8-16/h5-10H,11-12H2,1-4H3,(H,21,24). The molecule has 0 fully saturated rings. The summed E-state index contributed by atoms with van der Waals surface area (Å²) in [6.45, 7) is 4.54. The molecule has 1 aromatic carbocycles. The SMILES string of the molecule is COc1ccc(OCc2ccc(C(=O)NCc3c(C)nn(C)c3C)o2)cc1. The summed E-state index contributed by atoms with van der Waals surface area (Å²) in [5.74, 6) is 2.01. The Kier molecular flexibility index (Phi) is 5.49. The van der Waals surface area contributed by atoms with Crippen molar-refractivity contribution >= 4 is 5.91 Å². The second kappa shape index (κ2) is 7.99. The van der Waals surface area contributed by atoms with Crippen LogP contribution in [0.3, 0.4) is 0 Å². The summed E-state index contributed by atoms with van der Waals surface area (Å²) >= 11 is 0. The van der Waals surface area contributed by atoms with Gasteiger partial charge < -0.3 is 19.2 Å². The Balaban J connectivity index is 1.55. The van der Waals surface area contributed by atoms with Crippen LogP contribution in [0.2, 0.25) is 0 Å². The van der Waals surface area contributed by atoms with Crippen LogP contribution in [-0.4, -0.2) is 22.8 Å². The number of rotatable bonds is 7. The molecule has 0 unspecified atom stereocenters. The summed E-state index contributed by atoms with van der Waals surface area (Å²) in [7, 11) is 3.50. The van der Waals surface area contributed by atoms with Gasteiger partial charge in [0.25, 0.3) is 5.91 Å². The highest BCUT2D eigenvalue weighted by atomic mass is 16.5. The largest absolute Gasteiger partial charge is 0.497 e. The highest BCUT2D eigenvalue weighted by Gasteiger charge is 2.14. The number of nitrogens with zero attached hydrogens (tertiary/aromatic N) is 2. The van der Waals surface area contributed by atoms with E-state index in [0.717, 1.165) is 22.7 Å². The fraction of sp³-hybridized carbons (Fsp3) is 0.300. The lowest BCUT2D eigenvalue weighted by Gasteiger charge is -2.06. The molecule has 2 heterocycles. The van der Waals surface area contributed by atoms with Gasteiger partial charge in [0.2, 0.25) is 0 Å². The van der Waals surface area contributed by atoms with Crippen LogP contribution in [0.4, 0.5) is 0 Å². The molecule has 0 bridgehead atoms. The van der Waals surface area contributed by atoms with Crippen LogP contribution >= 0.6 is 0 Å². The molecule has 0 radical (unpaired) electrons. The number of nitrogens with one attached hydrogen (secondary N) is 1. The molecule has 0 aliphatic heterocycles. The Morgan fingerprint density at radius 1 is 1.15 bits per heavy atom. The van der Waals surface area contributed by atoms with Gasteiger partial charge in [-0.15, -0.1) is 0 Å². The molecule has 0 aliphatic rings. The lowest BCUT2D eigenvalue weighted by atomic mass is 10.2. The fourth-order valence-electron chi connectivity index (χ4n) is 2.73. The van der Waals surface area contributed by atoms with Crippen LogP contribution in [0.15, 0.2) is 40.8 Å². The normalized spacial score (nSPS) is 10.7. The maximum absolute atomic E-state index is 12.3. The van der Waals surface area contributed by atoms with Crippen molar-refractivity contribution in [3.8, 4) is 11.5 Å². The van der Waals surface area contributed by atoms with Crippen molar-refractivity contribution in [1.29, 1.82) is 0 Å². The van der Waals surface area contributed by atoms with E-state index in [2.05, 4.69) is 10.4 Å². The summed E-state index contributed by atoms with van der Waals surface area (Å²) in [6.07, 6.45) is 0. The summed E-state index contributed by atoms with van der Waals surface area (Å²) < 4.78 is 18.2. The molecule has 7 heteroatoms. The van der Waals surface area contributed by atoms with Gasteiger partial charge in [-0.3, -0.25) is 9.48 Å². The minimum atomic E-state index is -0.270. The van der Waals surface area contributed by atoms with Gasteiger partial charge >= 0.3 is 0 Å². The molecule has 0 saturated heterocycles. The van der Waals surface area contributed by atoms with Crippen molar-refractivity contribution in [3.05, 3.63) is 64.9 Å². The summed E-state index contributed by atoms with van der Waals surface area (Å²) in [5, 5.41) is 7.22. The van der Waals surface area contributed by atoms with E-state index in [1.54, 1.807) is 23.9 Å². The van der Waals surface area contributed by atoms with E-state index in [-0.39, 0.29) is 18.3 Å². The molecular formula is C20H23N3O4. The van der Waals surface area contributed by atoms with Gasteiger partial charge in [-0.05, 0) is 50.2 Å². The Hall–Kier alpha value is -3.22. The maximum Gasteiger partial charge on any atom is 0.287 e. The first kappa shape index (κ1) is 18.6. The maximum atomic E-state index is 12.3. The number of methoxy groups -OCH3 is 1. The molecular weight excluding hydrogens is 346 g/mol. The molecule has 2 aromatic heterocycles. The van der Waals surface area contributed by atoms with E-state index in [4.69, 9.17) is 13.9 Å². The average Bonchev–Trinajstić information content (AvgIpc) is 3.24. The number of carbonyl (C=O) groups excluding carboxylic acids is 1. The molecule has 7 nitrogen and oxygen atoms in total. The Morgan fingerprint density at radius 3 is 2.48 bits per heavy atom. The van der Waals surface area contributed by atoms with Gasteiger partial charge in [0, 0.05) is 24.8 Å². The zero-order chi connectivity index (χ0) is 19.4. The number of amides is 1. The van der Waals surface area contributed by atoms with E-state index in [0.29, 0.717) is 18.1 Å². The summed E-state index contributed by atoms with van der Waals surface area (Å²) in [6, 6.07) is 10.6. The van der Waals surface area contributed by atoms with Crippen molar-refractivity contribution in [1.82, 2.24) is 15.1 Å². The number of hydrogen-bond donors (Lipinski definition) is 1. The van der Waals surface area contributed by atoms with Gasteiger partial charge in [0.1, 0.15) is 23.9 Å². The fourth-order valence-corrected chi connectivity index (χ4v) is 2.73. The zero-order valence-electron chi connectivity index (χ0n) is 15.9. The van der Waals surface area contributed by atoms with Crippen molar-refractivity contribution in [2.24, 2.45) is 7.05 Å². The predicted molar refractivity (Wildman–Crippen MR) is 99.9 cm³/mol. The monoisotopic (exact) mass is 369 g/mol. The molecule has 0 spiro atoms. The molecule has 27 heavy (non-hydrogen) atoms. The first-order chi connectivity index (χ1) is 13.0. The van der Waals surface area contributed by atoms with E-state index >= 15 is 0 Å². The van der Waals surface area contributed by atoms with Gasteiger partial charge in [0.05, 0.1) is 12.8 Å². The summed E-state index contributed by atoms with van der Waals surface area (Å²) in [5.41, 5.74) is 2.95. The van der Waals surface area contributed by atoms with Gasteiger partial charge in [-0.25, -0.2) is 0 Å². The predicted octanol–water partition coefficient (Wildman–Crippen LogP) is 3.15. The Morgan fingerprint density at radius 2 is 1.85 bits per heavy atom. The quantitative estimate of drug-likeness (QED) is 0.692. The highest BCUT2D eigenvalue weighted by Crippen LogP contribution is 2.19. The third-order valence-electron chi connectivity index (χ3n) is 4.41. The first-order valence-corrected chi connectivity index (χ1v) is 8.60.